The molecule has 1 heterocycles. The van der Waals surface area contributed by atoms with Crippen LogP contribution in [0.1, 0.15) is 10.4 Å². The number of amides is 1. The molecule has 1 amide bonds. The Morgan fingerprint density at radius 2 is 1.74 bits per heavy atom. The highest BCUT2D eigenvalue weighted by molar-refractivity contribution is 7.99. The molecule has 8 heteroatoms. The van der Waals surface area contributed by atoms with Gasteiger partial charge in [-0.25, -0.2) is 8.78 Å². The van der Waals surface area contributed by atoms with E-state index in [0.717, 1.165) is 23.6 Å². The fraction of sp³-hybridized carbons (Fsp3) is 0.364. The second-order valence-corrected chi connectivity index (χ2v) is 5.36. The Kier molecular flexibility index (Phi) is 4.44. The van der Waals surface area contributed by atoms with E-state index >= 15 is 0 Å². The summed E-state index contributed by atoms with van der Waals surface area (Å²) in [6, 6.07) is 1.53. The van der Waals surface area contributed by atoms with Crippen molar-refractivity contribution in [1.82, 2.24) is 4.90 Å². The molecule has 0 aromatic heterocycles. The van der Waals surface area contributed by atoms with Gasteiger partial charge in [0.05, 0.1) is 0 Å². The van der Waals surface area contributed by atoms with Crippen LogP contribution in [0.15, 0.2) is 12.1 Å². The Hall–Kier alpha value is -1.12. The van der Waals surface area contributed by atoms with Gasteiger partial charge in [-0.1, -0.05) is 0 Å². The molecular weight excluding hydrogens is 275 g/mol. The normalized spacial score (nSPS) is 15.5. The third kappa shape index (κ3) is 3.07. The van der Waals surface area contributed by atoms with Gasteiger partial charge in [0.25, 0.3) is 5.91 Å². The Morgan fingerprint density at radius 1 is 1.21 bits per heavy atom. The number of hydrogen-bond donors (Lipinski definition) is 2. The van der Waals surface area contributed by atoms with Gasteiger partial charge in [0.15, 0.2) is 0 Å². The molecule has 1 saturated heterocycles. The first-order chi connectivity index (χ1) is 9.00. The molecule has 0 spiro atoms. The predicted molar refractivity (Wildman–Crippen MR) is 69.4 cm³/mol. The molecule has 0 saturated carbocycles. The van der Waals surface area contributed by atoms with Crippen LogP contribution in [0, 0.1) is 11.6 Å². The summed E-state index contributed by atoms with van der Waals surface area (Å²) in [6.07, 6.45) is 0. The Labute approximate surface area is 113 Å². The molecule has 0 bridgehead atoms. The zero-order valence-corrected chi connectivity index (χ0v) is 10.8. The number of carbonyl (C=O) groups is 1. The van der Waals surface area contributed by atoms with E-state index in [2.05, 4.69) is 0 Å². The Morgan fingerprint density at radius 3 is 2.21 bits per heavy atom. The molecule has 1 aromatic rings. The van der Waals surface area contributed by atoms with Crippen molar-refractivity contribution >= 4 is 30.3 Å². The van der Waals surface area contributed by atoms with Crippen LogP contribution in [0.2, 0.25) is 0 Å². The molecule has 0 aliphatic carbocycles. The fourth-order valence-corrected chi connectivity index (χ4v) is 2.77. The average molecular weight is 287 g/mol. The minimum atomic E-state index is -1.97. The van der Waals surface area contributed by atoms with Gasteiger partial charge in [-0.05, 0) is 17.6 Å². The van der Waals surface area contributed by atoms with E-state index in [1.54, 1.807) is 11.8 Å². The van der Waals surface area contributed by atoms with Crippen molar-refractivity contribution in [2.75, 3.05) is 24.6 Å². The van der Waals surface area contributed by atoms with E-state index in [9.17, 15) is 13.6 Å². The first-order valence-electron chi connectivity index (χ1n) is 5.73. The van der Waals surface area contributed by atoms with E-state index in [1.807, 2.05) is 0 Å². The van der Waals surface area contributed by atoms with E-state index in [4.69, 9.17) is 10.0 Å². The van der Waals surface area contributed by atoms with Gasteiger partial charge in [0.1, 0.15) is 17.2 Å². The molecule has 1 fully saturated rings. The molecule has 4 nitrogen and oxygen atoms in total. The van der Waals surface area contributed by atoms with Crippen molar-refractivity contribution in [1.29, 1.82) is 0 Å². The van der Waals surface area contributed by atoms with E-state index in [0.29, 0.717) is 13.1 Å². The molecule has 1 aliphatic rings. The molecule has 1 aliphatic heterocycles. The third-order valence-corrected chi connectivity index (χ3v) is 3.82. The molecule has 19 heavy (non-hydrogen) atoms. The number of carbonyl (C=O) groups excluding carboxylic acids is 1. The summed E-state index contributed by atoms with van der Waals surface area (Å²) >= 11 is 1.68. The maximum atomic E-state index is 13.8. The van der Waals surface area contributed by atoms with Crippen LogP contribution < -0.4 is 5.46 Å². The van der Waals surface area contributed by atoms with E-state index in [1.165, 1.54) is 4.90 Å². The number of nitrogens with zero attached hydrogens (tertiary/aromatic N) is 1. The van der Waals surface area contributed by atoms with Crippen molar-refractivity contribution < 1.29 is 23.6 Å². The molecule has 0 atom stereocenters. The van der Waals surface area contributed by atoms with Crippen molar-refractivity contribution in [3.8, 4) is 0 Å². The van der Waals surface area contributed by atoms with Crippen molar-refractivity contribution in [3.63, 3.8) is 0 Å². The van der Waals surface area contributed by atoms with Crippen LogP contribution in [0.25, 0.3) is 0 Å². The van der Waals surface area contributed by atoms with Crippen molar-refractivity contribution in [2.45, 2.75) is 0 Å². The third-order valence-electron chi connectivity index (χ3n) is 2.87. The van der Waals surface area contributed by atoms with Gasteiger partial charge in [-0.15, -0.1) is 0 Å². The number of hydrogen-bond acceptors (Lipinski definition) is 4. The fourth-order valence-electron chi connectivity index (χ4n) is 1.87. The summed E-state index contributed by atoms with van der Waals surface area (Å²) in [5.41, 5.74) is -0.961. The van der Waals surface area contributed by atoms with Crippen LogP contribution in [-0.4, -0.2) is 52.6 Å². The van der Waals surface area contributed by atoms with Crippen LogP contribution in [0.3, 0.4) is 0 Å². The lowest BCUT2D eigenvalue weighted by Crippen LogP contribution is -2.39. The summed E-state index contributed by atoms with van der Waals surface area (Å²) in [6.45, 7) is 0.902. The molecule has 2 N–H and O–H groups in total. The quantitative estimate of drug-likeness (QED) is 0.742. The first-order valence-corrected chi connectivity index (χ1v) is 6.88. The summed E-state index contributed by atoms with van der Waals surface area (Å²) in [5.74, 6) is -1.38. The summed E-state index contributed by atoms with van der Waals surface area (Å²) in [4.78, 5) is 13.4. The second-order valence-electron chi connectivity index (χ2n) is 4.14. The van der Waals surface area contributed by atoms with E-state index < -0.39 is 30.2 Å². The van der Waals surface area contributed by atoms with Gasteiger partial charge in [-0.2, -0.15) is 11.8 Å². The summed E-state index contributed by atoms with van der Waals surface area (Å²) < 4.78 is 27.5. The number of rotatable bonds is 2. The van der Waals surface area contributed by atoms with Crippen LogP contribution >= 0.6 is 11.8 Å². The highest BCUT2D eigenvalue weighted by Crippen LogP contribution is 2.17. The highest BCUT2D eigenvalue weighted by Gasteiger charge is 2.26. The SMILES string of the molecule is O=C(c1c(F)cc(B(O)O)cc1F)N1CCSCC1. The van der Waals surface area contributed by atoms with Gasteiger partial charge >= 0.3 is 7.12 Å². The maximum absolute atomic E-state index is 13.8. The van der Waals surface area contributed by atoms with Gasteiger partial charge in [0.2, 0.25) is 0 Å². The molecule has 0 radical (unpaired) electrons. The van der Waals surface area contributed by atoms with Crippen LogP contribution in [0.4, 0.5) is 8.78 Å². The van der Waals surface area contributed by atoms with Gasteiger partial charge in [0, 0.05) is 24.6 Å². The minimum absolute atomic E-state index is 0.319. The summed E-state index contributed by atoms with van der Waals surface area (Å²) in [7, 11) is -1.97. The minimum Gasteiger partial charge on any atom is -0.423 e. The standard InChI is InChI=1S/C11H12BF2NO3S/c13-8-5-7(12(17)18)6-9(14)10(8)11(16)15-1-3-19-4-2-15/h5-6,17-18H,1-4H2. The zero-order chi connectivity index (χ0) is 14.0. The lowest BCUT2D eigenvalue weighted by molar-refractivity contribution is 0.0762. The van der Waals surface area contributed by atoms with Crippen molar-refractivity contribution in [2.24, 2.45) is 0 Å². The van der Waals surface area contributed by atoms with Gasteiger partial charge < -0.3 is 14.9 Å². The maximum Gasteiger partial charge on any atom is 0.488 e. The molecular formula is C11H12BF2NO3S. The van der Waals surface area contributed by atoms with Crippen LogP contribution in [0.5, 0.6) is 0 Å². The second kappa shape index (κ2) is 5.89. The lowest BCUT2D eigenvalue weighted by atomic mass is 9.79. The Bertz CT molecular complexity index is 472. The average Bonchev–Trinajstić information content (AvgIpc) is 2.38. The predicted octanol–water partition coefficient (Wildman–Crippen LogP) is -0.166. The number of halogens is 2. The molecule has 0 unspecified atom stereocenters. The summed E-state index contributed by atoms with van der Waals surface area (Å²) in [5, 5.41) is 17.7. The van der Waals surface area contributed by atoms with Crippen LogP contribution in [-0.2, 0) is 0 Å². The zero-order valence-electron chi connectivity index (χ0n) is 9.97. The van der Waals surface area contributed by atoms with Crippen molar-refractivity contribution in [3.05, 3.63) is 29.3 Å². The molecule has 2 rings (SSSR count). The molecule has 102 valence electrons. The first kappa shape index (κ1) is 14.3. The lowest BCUT2D eigenvalue weighted by Gasteiger charge is -2.26. The molecule has 1 aromatic carbocycles. The van der Waals surface area contributed by atoms with E-state index in [-0.39, 0.29) is 5.46 Å². The topological polar surface area (TPSA) is 60.8 Å². The highest BCUT2D eigenvalue weighted by atomic mass is 32.2. The number of thioether (sulfide) groups is 1. The number of benzene rings is 1. The van der Waals surface area contributed by atoms with Gasteiger partial charge in [-0.3, -0.25) is 4.79 Å². The largest absolute Gasteiger partial charge is 0.488 e. The monoisotopic (exact) mass is 287 g/mol. The Balaban J connectivity index is 2.31. The smallest absolute Gasteiger partial charge is 0.423 e.